The maximum Gasteiger partial charge on any atom is 0.222 e. The molecular weight excluding hydrogens is 300 g/mol. The van der Waals surface area contributed by atoms with Crippen LogP contribution in [-0.2, 0) is 9.53 Å². The Kier molecular flexibility index (Phi) is 5.74. The van der Waals surface area contributed by atoms with Crippen LogP contribution in [0, 0.1) is 6.92 Å². The normalized spacial score (nSPS) is 15.4. The smallest absolute Gasteiger partial charge is 0.222 e. The van der Waals surface area contributed by atoms with Crippen molar-refractivity contribution in [3.05, 3.63) is 65.1 Å². The maximum absolute atomic E-state index is 11.3. The molecule has 0 saturated heterocycles. The van der Waals surface area contributed by atoms with Gasteiger partial charge in [0.05, 0.1) is 7.11 Å². The van der Waals surface area contributed by atoms with E-state index in [2.05, 4.69) is 35.9 Å². The van der Waals surface area contributed by atoms with Crippen LogP contribution in [0.4, 0.5) is 0 Å². The van der Waals surface area contributed by atoms with Gasteiger partial charge in [0.1, 0.15) is 17.3 Å². The molecule has 126 valence electrons. The van der Waals surface area contributed by atoms with Gasteiger partial charge in [0.25, 0.3) is 0 Å². The third kappa shape index (κ3) is 3.82. The zero-order valence-electron chi connectivity index (χ0n) is 14.8. The number of benzene rings is 1. The van der Waals surface area contributed by atoms with Crippen molar-refractivity contribution < 1.29 is 9.53 Å². The second-order valence-corrected chi connectivity index (χ2v) is 5.78. The minimum absolute atomic E-state index is 0.176. The van der Waals surface area contributed by atoms with Gasteiger partial charge in [-0.15, -0.1) is 0 Å². The van der Waals surface area contributed by atoms with Gasteiger partial charge in [-0.1, -0.05) is 30.8 Å². The predicted octanol–water partition coefficient (Wildman–Crippen LogP) is 4.14. The monoisotopic (exact) mass is 324 g/mol. The molecule has 1 aliphatic carbocycles. The van der Waals surface area contributed by atoms with Crippen molar-refractivity contribution in [1.82, 2.24) is 5.32 Å². The van der Waals surface area contributed by atoms with Crippen LogP contribution in [0.2, 0.25) is 0 Å². The number of methoxy groups -OCH3 is 1. The predicted molar refractivity (Wildman–Crippen MR) is 98.5 cm³/mol. The minimum Gasteiger partial charge on any atom is -0.499 e. The molecule has 0 radical (unpaired) electrons. The highest BCUT2D eigenvalue weighted by Gasteiger charge is 2.21. The zero-order valence-corrected chi connectivity index (χ0v) is 14.8. The van der Waals surface area contributed by atoms with Gasteiger partial charge in [0.15, 0.2) is 0 Å². The van der Waals surface area contributed by atoms with Crippen LogP contribution in [0.1, 0.15) is 37.8 Å². The van der Waals surface area contributed by atoms with Gasteiger partial charge in [-0.3, -0.25) is 4.79 Å². The summed E-state index contributed by atoms with van der Waals surface area (Å²) in [5.41, 5.74) is 5.57. The molecule has 0 spiro atoms. The fourth-order valence-corrected chi connectivity index (χ4v) is 2.92. The third-order valence-corrected chi connectivity index (χ3v) is 4.12. The summed E-state index contributed by atoms with van der Waals surface area (Å²) in [6, 6.07) is 8.34. The molecule has 1 amide bonds. The molecule has 4 heteroatoms. The Hall–Kier alpha value is -2.62. The Balaban J connectivity index is 2.56. The molecule has 1 aromatic carbocycles. The summed E-state index contributed by atoms with van der Waals surface area (Å²) in [6.45, 7) is 9.33. The van der Waals surface area contributed by atoms with Crippen molar-refractivity contribution in [2.24, 2.45) is 4.99 Å². The largest absolute Gasteiger partial charge is 0.499 e. The molecule has 4 nitrogen and oxygen atoms in total. The van der Waals surface area contributed by atoms with Crippen molar-refractivity contribution >= 4 is 17.3 Å². The van der Waals surface area contributed by atoms with E-state index in [0.717, 1.165) is 29.9 Å². The molecule has 0 bridgehead atoms. The Labute approximate surface area is 143 Å². The van der Waals surface area contributed by atoms with Crippen LogP contribution in [0.15, 0.2) is 58.9 Å². The summed E-state index contributed by atoms with van der Waals surface area (Å²) in [6.07, 6.45) is 3.22. The lowest BCUT2D eigenvalue weighted by Gasteiger charge is -2.23. The molecule has 1 N–H and O–H groups in total. The second-order valence-electron chi connectivity index (χ2n) is 5.78. The quantitative estimate of drug-likeness (QED) is 0.668. The van der Waals surface area contributed by atoms with E-state index in [1.165, 1.54) is 29.7 Å². The number of aryl methyl sites for hydroxylation is 1. The number of amides is 1. The molecule has 0 saturated carbocycles. The summed E-state index contributed by atoms with van der Waals surface area (Å²) in [5, 5.41) is 2.69. The lowest BCUT2D eigenvalue weighted by Crippen LogP contribution is -2.26. The molecule has 0 aromatic heterocycles. The second kappa shape index (κ2) is 7.77. The lowest BCUT2D eigenvalue weighted by atomic mass is 9.87. The highest BCUT2D eigenvalue weighted by atomic mass is 16.5. The summed E-state index contributed by atoms with van der Waals surface area (Å²) in [7, 11) is 1.66. The number of nitrogens with one attached hydrogen (secondary N) is 1. The number of carbonyl (C=O) groups is 1. The lowest BCUT2D eigenvalue weighted by molar-refractivity contribution is -0.117. The SMILES string of the molecule is C=CC(=NC1=C(OC)CCC(c2ccccc2C)=C1C)NC(C)=O. The number of nitrogens with zero attached hydrogens (tertiary/aromatic N) is 1. The molecule has 0 atom stereocenters. The first-order chi connectivity index (χ1) is 11.5. The number of rotatable bonds is 4. The van der Waals surface area contributed by atoms with E-state index in [4.69, 9.17) is 4.74 Å². The minimum atomic E-state index is -0.176. The Morgan fingerprint density at radius 2 is 2.00 bits per heavy atom. The van der Waals surface area contributed by atoms with Gasteiger partial charge in [0.2, 0.25) is 5.91 Å². The highest BCUT2D eigenvalue weighted by molar-refractivity contribution is 6.04. The summed E-state index contributed by atoms with van der Waals surface area (Å²) in [4.78, 5) is 15.9. The van der Waals surface area contributed by atoms with Crippen LogP contribution < -0.4 is 5.32 Å². The first-order valence-corrected chi connectivity index (χ1v) is 8.00. The molecule has 0 heterocycles. The van der Waals surface area contributed by atoms with E-state index in [-0.39, 0.29) is 5.91 Å². The first-order valence-electron chi connectivity index (χ1n) is 8.00. The standard InChI is InChI=1S/C20H24N2O2/c1-6-19(21-15(4)23)22-20-14(3)17(11-12-18(20)24-5)16-10-8-7-9-13(16)2/h6-10H,1,11-12H2,2-5H3,(H,21,22,23). The molecule has 1 aromatic rings. The van der Waals surface area contributed by atoms with Crippen LogP contribution >= 0.6 is 0 Å². The number of ether oxygens (including phenoxy) is 1. The average Bonchev–Trinajstić information content (AvgIpc) is 2.56. The molecule has 24 heavy (non-hydrogen) atoms. The van der Waals surface area contributed by atoms with Gasteiger partial charge in [0, 0.05) is 13.3 Å². The van der Waals surface area contributed by atoms with Crippen molar-refractivity contribution in [2.45, 2.75) is 33.6 Å². The van der Waals surface area contributed by atoms with Gasteiger partial charge >= 0.3 is 0 Å². The number of amidine groups is 1. The van der Waals surface area contributed by atoms with Crippen molar-refractivity contribution in [3.63, 3.8) is 0 Å². The summed E-state index contributed by atoms with van der Waals surface area (Å²) in [5.74, 6) is 1.08. The maximum atomic E-state index is 11.3. The number of carbonyl (C=O) groups excluding carboxylic acids is 1. The molecule has 0 aliphatic heterocycles. The van der Waals surface area contributed by atoms with Crippen LogP contribution in [0.3, 0.4) is 0 Å². The van der Waals surface area contributed by atoms with Crippen molar-refractivity contribution in [1.29, 1.82) is 0 Å². The Morgan fingerprint density at radius 1 is 1.29 bits per heavy atom. The van der Waals surface area contributed by atoms with Gasteiger partial charge in [-0.05, 0) is 48.6 Å². The zero-order chi connectivity index (χ0) is 17.7. The molecule has 2 rings (SSSR count). The van der Waals surface area contributed by atoms with E-state index >= 15 is 0 Å². The molecule has 1 aliphatic rings. The summed E-state index contributed by atoms with van der Waals surface area (Å²) >= 11 is 0. The van der Waals surface area contributed by atoms with Crippen LogP contribution in [-0.4, -0.2) is 18.9 Å². The van der Waals surface area contributed by atoms with E-state index in [1.807, 2.05) is 19.1 Å². The van der Waals surface area contributed by atoms with Gasteiger partial charge in [-0.25, -0.2) is 4.99 Å². The van der Waals surface area contributed by atoms with E-state index < -0.39 is 0 Å². The van der Waals surface area contributed by atoms with Gasteiger partial charge < -0.3 is 10.1 Å². The van der Waals surface area contributed by atoms with Crippen LogP contribution in [0.5, 0.6) is 0 Å². The Morgan fingerprint density at radius 3 is 2.58 bits per heavy atom. The fraction of sp³-hybridized carbons (Fsp3) is 0.300. The Bertz CT molecular complexity index is 755. The number of hydrogen-bond donors (Lipinski definition) is 1. The first kappa shape index (κ1) is 17.7. The van der Waals surface area contributed by atoms with E-state index in [1.54, 1.807) is 7.11 Å². The molecule has 0 fully saturated rings. The number of hydrogen-bond acceptors (Lipinski definition) is 3. The van der Waals surface area contributed by atoms with Crippen LogP contribution in [0.25, 0.3) is 5.57 Å². The fourth-order valence-electron chi connectivity index (χ4n) is 2.92. The number of allylic oxidation sites excluding steroid dienone is 3. The van der Waals surface area contributed by atoms with Crippen molar-refractivity contribution in [2.75, 3.05) is 7.11 Å². The van der Waals surface area contributed by atoms with E-state index in [0.29, 0.717) is 5.84 Å². The highest BCUT2D eigenvalue weighted by Crippen LogP contribution is 2.37. The van der Waals surface area contributed by atoms with E-state index in [9.17, 15) is 4.79 Å². The van der Waals surface area contributed by atoms with Crippen molar-refractivity contribution in [3.8, 4) is 0 Å². The topological polar surface area (TPSA) is 50.7 Å². The van der Waals surface area contributed by atoms with Gasteiger partial charge in [-0.2, -0.15) is 0 Å². The number of aliphatic imine (C=N–C) groups is 1. The average molecular weight is 324 g/mol. The third-order valence-electron chi connectivity index (χ3n) is 4.12. The molecular formula is C20H24N2O2. The molecule has 0 unspecified atom stereocenters. The summed E-state index contributed by atoms with van der Waals surface area (Å²) < 4.78 is 5.53.